The van der Waals surface area contributed by atoms with Crippen LogP contribution in [0.3, 0.4) is 0 Å². The molecule has 0 atom stereocenters. The fourth-order valence-electron chi connectivity index (χ4n) is 2.61. The van der Waals surface area contributed by atoms with Crippen LogP contribution >= 0.6 is 28.1 Å². The molecule has 29 heavy (non-hydrogen) atoms. The third kappa shape index (κ3) is 8.03. The molecule has 0 saturated carbocycles. The van der Waals surface area contributed by atoms with Crippen molar-refractivity contribution in [1.82, 2.24) is 5.32 Å². The van der Waals surface area contributed by atoms with Crippen molar-refractivity contribution in [1.29, 1.82) is 0 Å². The number of carbonyl (C=O) groups excluding carboxylic acids is 1. The van der Waals surface area contributed by atoms with E-state index in [2.05, 4.69) is 33.5 Å². The maximum atomic E-state index is 12.4. The minimum atomic E-state index is -0.293. The molecule has 0 aliphatic carbocycles. The summed E-state index contributed by atoms with van der Waals surface area (Å²) in [6.45, 7) is 5.37. The molecule has 0 fully saturated rings. The Morgan fingerprint density at radius 3 is 2.45 bits per heavy atom. The molecule has 0 saturated heterocycles. The van der Waals surface area contributed by atoms with Crippen molar-refractivity contribution in [3.8, 4) is 11.5 Å². The van der Waals surface area contributed by atoms with Gasteiger partial charge < -0.3 is 14.8 Å². The number of halogens is 1. The van der Waals surface area contributed by atoms with Crippen molar-refractivity contribution in [2.75, 3.05) is 18.5 Å². The van der Waals surface area contributed by atoms with Gasteiger partial charge in [-0.15, -0.1) is 0 Å². The average molecular weight is 479 g/mol. The molecule has 2 N–H and O–H groups in total. The SMILES string of the molecule is CCCCCCOc1ccc(NC(=S)NC(=O)c2ccc(OCC)c(Br)c2)cc1. The van der Waals surface area contributed by atoms with Crippen LogP contribution in [0.15, 0.2) is 46.9 Å². The molecule has 2 aromatic carbocycles. The van der Waals surface area contributed by atoms with Gasteiger partial charge in [0, 0.05) is 11.3 Å². The highest BCUT2D eigenvalue weighted by Crippen LogP contribution is 2.26. The summed E-state index contributed by atoms with van der Waals surface area (Å²) in [5, 5.41) is 5.92. The summed E-state index contributed by atoms with van der Waals surface area (Å²) in [6.07, 6.45) is 4.70. The molecule has 0 aromatic heterocycles. The smallest absolute Gasteiger partial charge is 0.257 e. The summed E-state index contributed by atoms with van der Waals surface area (Å²) in [6, 6.07) is 12.7. The van der Waals surface area contributed by atoms with Crippen LogP contribution in [0, 0.1) is 0 Å². The first kappa shape index (κ1) is 23.2. The van der Waals surface area contributed by atoms with Crippen LogP contribution in [0.4, 0.5) is 5.69 Å². The van der Waals surface area contributed by atoms with Gasteiger partial charge in [-0.3, -0.25) is 10.1 Å². The molecule has 0 bridgehead atoms. The Morgan fingerprint density at radius 1 is 1.03 bits per heavy atom. The molecular formula is C22H27BrN2O3S. The number of rotatable bonds is 10. The summed E-state index contributed by atoms with van der Waals surface area (Å²) < 4.78 is 11.9. The number of nitrogens with one attached hydrogen (secondary N) is 2. The molecule has 156 valence electrons. The first-order chi connectivity index (χ1) is 14.0. The third-order valence-electron chi connectivity index (χ3n) is 4.10. The molecule has 0 aliphatic rings. The molecular weight excluding hydrogens is 452 g/mol. The lowest BCUT2D eigenvalue weighted by Crippen LogP contribution is -2.34. The summed E-state index contributed by atoms with van der Waals surface area (Å²) in [5.41, 5.74) is 1.26. The van der Waals surface area contributed by atoms with Gasteiger partial charge in [-0.2, -0.15) is 0 Å². The number of ether oxygens (including phenoxy) is 2. The molecule has 0 radical (unpaired) electrons. The fourth-order valence-corrected chi connectivity index (χ4v) is 3.31. The van der Waals surface area contributed by atoms with Gasteiger partial charge in [-0.25, -0.2) is 0 Å². The molecule has 0 unspecified atom stereocenters. The molecule has 0 heterocycles. The Balaban J connectivity index is 1.82. The number of hydrogen-bond donors (Lipinski definition) is 2. The van der Waals surface area contributed by atoms with E-state index in [1.165, 1.54) is 19.3 Å². The lowest BCUT2D eigenvalue weighted by Gasteiger charge is -2.12. The van der Waals surface area contributed by atoms with Gasteiger partial charge in [-0.1, -0.05) is 26.2 Å². The van der Waals surface area contributed by atoms with Crippen molar-refractivity contribution in [2.45, 2.75) is 39.5 Å². The highest BCUT2D eigenvalue weighted by Gasteiger charge is 2.11. The number of benzene rings is 2. The number of unbranched alkanes of at least 4 members (excludes halogenated alkanes) is 3. The van der Waals surface area contributed by atoms with Crippen LogP contribution in [-0.4, -0.2) is 24.2 Å². The van der Waals surface area contributed by atoms with Gasteiger partial charge in [0.2, 0.25) is 0 Å². The molecule has 2 aromatic rings. The number of carbonyl (C=O) groups is 1. The Labute approximate surface area is 186 Å². The highest BCUT2D eigenvalue weighted by atomic mass is 79.9. The highest BCUT2D eigenvalue weighted by molar-refractivity contribution is 9.10. The summed E-state index contributed by atoms with van der Waals surface area (Å²) in [5.74, 6) is 1.22. The van der Waals surface area contributed by atoms with Gasteiger partial charge in [-0.05, 0) is 84.0 Å². The topological polar surface area (TPSA) is 59.6 Å². The van der Waals surface area contributed by atoms with E-state index in [1.54, 1.807) is 18.2 Å². The number of anilines is 1. The van der Waals surface area contributed by atoms with Crippen molar-refractivity contribution < 1.29 is 14.3 Å². The van der Waals surface area contributed by atoms with Crippen LogP contribution in [0.5, 0.6) is 11.5 Å². The van der Waals surface area contributed by atoms with Crippen LogP contribution in [0.1, 0.15) is 49.9 Å². The van der Waals surface area contributed by atoms with E-state index < -0.39 is 0 Å². The standard InChI is InChI=1S/C22H27BrN2O3S/c1-3-5-6-7-14-28-18-11-9-17(10-12-18)24-22(29)25-21(26)16-8-13-20(27-4-2)19(23)15-16/h8-13,15H,3-7,14H2,1-2H3,(H2,24,25,26,29). The monoisotopic (exact) mass is 478 g/mol. The average Bonchev–Trinajstić information content (AvgIpc) is 2.70. The summed E-state index contributed by atoms with van der Waals surface area (Å²) in [4.78, 5) is 12.4. The quantitative estimate of drug-likeness (QED) is 0.327. The maximum absolute atomic E-state index is 12.4. The van der Waals surface area contributed by atoms with Crippen LogP contribution in [-0.2, 0) is 0 Å². The minimum absolute atomic E-state index is 0.230. The number of amides is 1. The van der Waals surface area contributed by atoms with Crippen molar-refractivity contribution in [2.24, 2.45) is 0 Å². The first-order valence-corrected chi connectivity index (χ1v) is 11.0. The zero-order valence-corrected chi connectivity index (χ0v) is 19.2. The first-order valence-electron chi connectivity index (χ1n) is 9.81. The Morgan fingerprint density at radius 2 is 1.79 bits per heavy atom. The van der Waals surface area contributed by atoms with Crippen molar-refractivity contribution in [3.63, 3.8) is 0 Å². The predicted octanol–water partition coefficient (Wildman–Crippen LogP) is 5.93. The third-order valence-corrected chi connectivity index (χ3v) is 4.92. The molecule has 2 rings (SSSR count). The minimum Gasteiger partial charge on any atom is -0.494 e. The van der Waals surface area contributed by atoms with Gasteiger partial charge in [0.25, 0.3) is 5.91 Å². The van der Waals surface area contributed by atoms with Gasteiger partial charge in [0.05, 0.1) is 17.7 Å². The second kappa shape index (κ2) is 12.4. The maximum Gasteiger partial charge on any atom is 0.257 e. The second-order valence-electron chi connectivity index (χ2n) is 6.42. The zero-order chi connectivity index (χ0) is 21.1. The summed E-state index contributed by atoms with van der Waals surface area (Å²) >= 11 is 8.65. The molecule has 5 nitrogen and oxygen atoms in total. The van der Waals surface area contributed by atoms with E-state index >= 15 is 0 Å². The molecule has 0 aliphatic heterocycles. The zero-order valence-electron chi connectivity index (χ0n) is 16.8. The van der Waals surface area contributed by atoms with E-state index in [1.807, 2.05) is 31.2 Å². The lowest BCUT2D eigenvalue weighted by atomic mass is 10.2. The lowest BCUT2D eigenvalue weighted by molar-refractivity contribution is 0.0977. The van der Waals surface area contributed by atoms with E-state index in [4.69, 9.17) is 21.7 Å². The van der Waals surface area contributed by atoms with E-state index in [0.29, 0.717) is 17.9 Å². The van der Waals surface area contributed by atoms with E-state index in [0.717, 1.165) is 28.9 Å². The predicted molar refractivity (Wildman–Crippen MR) is 125 cm³/mol. The van der Waals surface area contributed by atoms with Gasteiger partial charge >= 0.3 is 0 Å². The Kier molecular flexibility index (Phi) is 9.94. The van der Waals surface area contributed by atoms with E-state index in [9.17, 15) is 4.79 Å². The largest absolute Gasteiger partial charge is 0.494 e. The van der Waals surface area contributed by atoms with Gasteiger partial charge in [0.1, 0.15) is 11.5 Å². The molecule has 0 spiro atoms. The summed E-state index contributed by atoms with van der Waals surface area (Å²) in [7, 11) is 0. The number of thiocarbonyl (C=S) groups is 1. The second-order valence-corrected chi connectivity index (χ2v) is 7.68. The van der Waals surface area contributed by atoms with Crippen LogP contribution < -0.4 is 20.1 Å². The van der Waals surface area contributed by atoms with E-state index in [-0.39, 0.29) is 11.0 Å². The fraction of sp³-hybridized carbons (Fsp3) is 0.364. The Hall–Kier alpha value is -2.12. The van der Waals surface area contributed by atoms with Crippen LogP contribution in [0.2, 0.25) is 0 Å². The normalized spacial score (nSPS) is 10.3. The Bertz CT molecular complexity index is 812. The molecule has 1 amide bonds. The van der Waals surface area contributed by atoms with Crippen LogP contribution in [0.25, 0.3) is 0 Å². The number of hydrogen-bond acceptors (Lipinski definition) is 4. The van der Waals surface area contributed by atoms with Crippen molar-refractivity contribution >= 4 is 44.9 Å². The molecule has 7 heteroatoms. The van der Waals surface area contributed by atoms with Crippen molar-refractivity contribution in [3.05, 3.63) is 52.5 Å². The van der Waals surface area contributed by atoms with Gasteiger partial charge in [0.15, 0.2) is 5.11 Å².